The third kappa shape index (κ3) is 16.0. The molecule has 0 unspecified atom stereocenters. The lowest BCUT2D eigenvalue weighted by molar-refractivity contribution is -0.597. The average Bonchev–Trinajstić information content (AvgIpc) is 2.79. The van der Waals surface area contributed by atoms with Crippen molar-refractivity contribution in [2.24, 2.45) is 0 Å². The Hall–Kier alpha value is 1.13. The molecule has 0 aliphatic rings. The van der Waals surface area contributed by atoms with Crippen molar-refractivity contribution < 1.29 is 59.9 Å². The van der Waals surface area contributed by atoms with Gasteiger partial charge in [0.05, 0.1) is 0 Å². The molecule has 0 aliphatic carbocycles. The average molecular weight is 1160 g/mol. The predicted octanol–water partition coefficient (Wildman–Crippen LogP) is 0.710. The number of halogens is 6. The van der Waals surface area contributed by atoms with E-state index in [1.165, 1.54) is 28.6 Å². The second-order valence-corrected chi connectivity index (χ2v) is 18.2. The van der Waals surface area contributed by atoms with E-state index in [1.807, 2.05) is 0 Å². The maximum absolute atomic E-state index is 8.52. The molecule has 4 aromatic rings. The van der Waals surface area contributed by atoms with Gasteiger partial charge in [-0.3, -0.25) is 8.42 Å². The lowest BCUT2D eigenvalue weighted by atomic mass is 10.4. The maximum Gasteiger partial charge on any atom is 0.357 e. The highest BCUT2D eigenvalue weighted by Gasteiger charge is 2.15. The summed E-state index contributed by atoms with van der Waals surface area (Å²) in [7, 11) is -5.17. The zero-order valence-corrected chi connectivity index (χ0v) is 31.3. The summed E-state index contributed by atoms with van der Waals surface area (Å²) in [6, 6.07) is 35.4. The number of hydrogen-bond donors (Lipinski definition) is 0. The molecule has 0 N–H and O–H groups in total. The van der Waals surface area contributed by atoms with Crippen molar-refractivity contribution in [2.75, 3.05) is 0 Å². The molecule has 0 fully saturated rings. The molecule has 35 heavy (non-hydrogen) atoms. The zero-order valence-electron chi connectivity index (χ0n) is 17.5. The summed E-state index contributed by atoms with van der Waals surface area (Å²) < 4.78 is 45.2. The first-order valence-corrected chi connectivity index (χ1v) is 19.4. The lowest BCUT2D eigenvalue weighted by Gasteiger charge is -2.06. The minimum atomic E-state index is -5.17. The minimum Gasteiger partial charge on any atom is -0.759 e. The Morgan fingerprint density at radius 3 is 0.714 bits per heavy atom. The minimum absolute atomic E-state index is 0.00353. The number of hydrogen-bond acceptors (Lipinski definition) is 4. The molecule has 0 aromatic heterocycles. The SMILES string of the molecule is Ic1ccc([I+]c2ccc(I)cc2)cc1.Ic1ccc([I+]c2ccc(I)cc2)cc1.O=S(=O)([O-])[O-]. The fourth-order valence-electron chi connectivity index (χ4n) is 2.22. The third-order valence-corrected chi connectivity index (χ3v) is 11.9. The van der Waals surface area contributed by atoms with E-state index in [9.17, 15) is 0 Å². The smallest absolute Gasteiger partial charge is 0.357 e. The van der Waals surface area contributed by atoms with Gasteiger partial charge in [0.1, 0.15) is 0 Å². The van der Waals surface area contributed by atoms with Crippen LogP contribution < -0.4 is 42.4 Å². The lowest BCUT2D eigenvalue weighted by Crippen LogP contribution is -3.61. The molecule has 0 saturated heterocycles. The van der Waals surface area contributed by atoms with Crippen molar-refractivity contribution in [1.82, 2.24) is 0 Å². The van der Waals surface area contributed by atoms with Crippen LogP contribution in [0.2, 0.25) is 0 Å². The summed E-state index contributed by atoms with van der Waals surface area (Å²) in [6.45, 7) is 0. The van der Waals surface area contributed by atoms with Crippen molar-refractivity contribution in [2.45, 2.75) is 0 Å². The highest BCUT2D eigenvalue weighted by molar-refractivity contribution is 14.1. The van der Waals surface area contributed by atoms with Crippen LogP contribution in [0, 0.1) is 28.6 Å². The fourth-order valence-corrected chi connectivity index (χ4v) is 7.98. The van der Waals surface area contributed by atoms with Gasteiger partial charge >= 0.3 is 42.4 Å². The van der Waals surface area contributed by atoms with Gasteiger partial charge in [0, 0.05) is 24.7 Å². The van der Waals surface area contributed by atoms with Crippen molar-refractivity contribution >= 4 is 101 Å². The molecule has 11 heteroatoms. The van der Waals surface area contributed by atoms with E-state index in [2.05, 4.69) is 187 Å². The zero-order chi connectivity index (χ0) is 25.8. The van der Waals surface area contributed by atoms with Crippen LogP contribution >= 0.6 is 90.4 Å². The molecule has 0 aliphatic heterocycles. The third-order valence-electron chi connectivity index (χ3n) is 3.65. The van der Waals surface area contributed by atoms with Gasteiger partial charge in [0.25, 0.3) is 0 Å². The molecule has 4 aromatic carbocycles. The molecule has 0 spiro atoms. The Morgan fingerprint density at radius 1 is 0.429 bits per heavy atom. The summed E-state index contributed by atoms with van der Waals surface area (Å²) in [5, 5.41) is 0. The molecular formula is C24H16I6O4S. The quantitative estimate of drug-likeness (QED) is 0.172. The Bertz CT molecular complexity index is 1100. The Balaban J connectivity index is 0.000000208. The van der Waals surface area contributed by atoms with Crippen molar-refractivity contribution in [1.29, 1.82) is 0 Å². The first-order chi connectivity index (χ1) is 16.5. The highest BCUT2D eigenvalue weighted by atomic mass is 127. The van der Waals surface area contributed by atoms with Gasteiger partial charge in [0.2, 0.25) is 0 Å². The maximum atomic E-state index is 8.52. The first-order valence-electron chi connectivity index (χ1n) is 9.46. The summed E-state index contributed by atoms with van der Waals surface area (Å²) >= 11 is 9.37. The molecule has 0 amide bonds. The van der Waals surface area contributed by atoms with Crippen molar-refractivity contribution in [3.63, 3.8) is 0 Å². The second-order valence-electron chi connectivity index (χ2n) is 6.34. The van der Waals surface area contributed by atoms with E-state index in [0.717, 1.165) is 0 Å². The van der Waals surface area contributed by atoms with Gasteiger partial charge in [0.15, 0.2) is 14.3 Å². The molecule has 0 heterocycles. The van der Waals surface area contributed by atoms with E-state index in [1.54, 1.807) is 0 Å². The van der Waals surface area contributed by atoms with Crippen LogP contribution in [0.25, 0.3) is 0 Å². The van der Waals surface area contributed by atoms with Gasteiger partial charge < -0.3 is 9.11 Å². The largest absolute Gasteiger partial charge is 0.759 e. The highest BCUT2D eigenvalue weighted by Crippen LogP contribution is 2.03. The molecule has 184 valence electrons. The Labute approximate surface area is 281 Å². The Kier molecular flexibility index (Phi) is 15.7. The fraction of sp³-hybridized carbons (Fsp3) is 0. The van der Waals surface area contributed by atoms with Gasteiger partial charge in [-0.2, -0.15) is 0 Å². The number of benzene rings is 4. The van der Waals surface area contributed by atoms with Crippen LogP contribution in [0.4, 0.5) is 0 Å². The monoisotopic (exact) mass is 1160 g/mol. The first kappa shape index (κ1) is 32.3. The summed E-state index contributed by atoms with van der Waals surface area (Å²) in [5.74, 6) is 0. The Morgan fingerprint density at radius 2 is 0.571 bits per heavy atom. The second kappa shape index (κ2) is 17.0. The van der Waals surface area contributed by atoms with Crippen LogP contribution in [0.15, 0.2) is 97.1 Å². The van der Waals surface area contributed by atoms with Crippen LogP contribution in [-0.4, -0.2) is 17.5 Å². The topological polar surface area (TPSA) is 80.3 Å². The molecule has 0 saturated carbocycles. The standard InChI is InChI=1S/2C12H8I3.H2O4S/c2*13-9-1-5-11(6-2-9)15-12-7-3-10(14)4-8-12;1-5(2,3)4/h2*1-8H;(H2,1,2,3,4)/q2*+1;/p-2. The molecular weight excluding hydrogens is 1150 g/mol. The van der Waals surface area contributed by atoms with Gasteiger partial charge in [-0.05, 0) is 187 Å². The van der Waals surface area contributed by atoms with Crippen LogP contribution in [-0.2, 0) is 10.4 Å². The van der Waals surface area contributed by atoms with Gasteiger partial charge in [-0.15, -0.1) is 0 Å². The van der Waals surface area contributed by atoms with Crippen molar-refractivity contribution in [3.8, 4) is 0 Å². The van der Waals surface area contributed by atoms with Gasteiger partial charge in [-0.1, -0.05) is 0 Å². The number of rotatable bonds is 4. The summed E-state index contributed by atoms with van der Waals surface area (Å²) in [4.78, 5) is 0. The van der Waals surface area contributed by atoms with E-state index >= 15 is 0 Å². The summed E-state index contributed by atoms with van der Waals surface area (Å²) in [5.41, 5.74) is 0. The molecule has 0 atom stereocenters. The van der Waals surface area contributed by atoms with Crippen LogP contribution in [0.3, 0.4) is 0 Å². The van der Waals surface area contributed by atoms with Crippen LogP contribution in [0.1, 0.15) is 0 Å². The summed E-state index contributed by atoms with van der Waals surface area (Å²) in [6.07, 6.45) is 0. The van der Waals surface area contributed by atoms with E-state index in [0.29, 0.717) is 0 Å². The van der Waals surface area contributed by atoms with Gasteiger partial charge in [-0.25, -0.2) is 0 Å². The van der Waals surface area contributed by atoms with E-state index < -0.39 is 10.4 Å². The molecule has 0 bridgehead atoms. The predicted molar refractivity (Wildman–Crippen MR) is 162 cm³/mol. The molecule has 4 rings (SSSR count). The van der Waals surface area contributed by atoms with E-state index in [4.69, 9.17) is 17.5 Å². The van der Waals surface area contributed by atoms with E-state index in [-0.39, 0.29) is 42.4 Å². The molecule has 0 radical (unpaired) electrons. The normalized spacial score (nSPS) is 10.5. The van der Waals surface area contributed by atoms with Crippen molar-refractivity contribution in [3.05, 3.63) is 126 Å². The molecule has 4 nitrogen and oxygen atoms in total. The van der Waals surface area contributed by atoms with Crippen LogP contribution in [0.5, 0.6) is 0 Å².